The molecule has 5 atom stereocenters. The summed E-state index contributed by atoms with van der Waals surface area (Å²) in [6, 6.07) is 17.9. The van der Waals surface area contributed by atoms with Gasteiger partial charge >= 0.3 is 0 Å². The average molecular weight is 643 g/mol. The molecule has 2 aromatic rings. The summed E-state index contributed by atoms with van der Waals surface area (Å²) in [5, 5.41) is 20.3. The highest BCUT2D eigenvalue weighted by molar-refractivity contribution is 6.20. The van der Waals surface area contributed by atoms with Crippen LogP contribution < -0.4 is 16.0 Å². The second-order valence-corrected chi connectivity index (χ2v) is 13.4. The summed E-state index contributed by atoms with van der Waals surface area (Å²) in [6.07, 6.45) is 1.16. The molecule has 2 amide bonds. The fraction of sp³-hybridized carbons (Fsp3) is 0.571. The third-order valence-corrected chi connectivity index (χ3v) is 8.71. The molecular weight excluding hydrogens is 592 g/mol. The second-order valence-electron chi connectivity index (χ2n) is 13.1. The summed E-state index contributed by atoms with van der Waals surface area (Å²) in [4.78, 5) is 43.0. The maximum absolute atomic E-state index is 14.1. The molecule has 2 aromatic carbocycles. The minimum Gasteiger partial charge on any atom is -0.381 e. The van der Waals surface area contributed by atoms with E-state index >= 15 is 0 Å². The van der Waals surface area contributed by atoms with E-state index in [0.717, 1.165) is 11.1 Å². The van der Waals surface area contributed by atoms with Gasteiger partial charge in [0.05, 0.1) is 43.4 Å². The number of aliphatic hydroxyl groups is 1. The fourth-order valence-corrected chi connectivity index (χ4v) is 5.96. The highest BCUT2D eigenvalue weighted by Gasteiger charge is 2.39. The molecule has 45 heavy (non-hydrogen) atoms. The number of benzene rings is 2. The van der Waals surface area contributed by atoms with Crippen molar-refractivity contribution in [3.8, 4) is 0 Å². The monoisotopic (exact) mass is 642 g/mol. The van der Waals surface area contributed by atoms with Crippen molar-refractivity contribution in [2.24, 2.45) is 5.92 Å². The zero-order valence-electron chi connectivity index (χ0n) is 27.4. The standard InChI is InChI=1S/C35H51ClN4O5/c1-25(2)20-29(32(42)34(4,44)24-36)37-33(43)30(21-27-12-8-6-9-13-27)38-35(5,22-26(3)28-14-10-7-11-15-28)39-31(41)23-40-16-18-45-19-17-40/h6-15,25-26,29-30,38,44H,16-24H2,1-5H3,(H,37,43)(H,39,41)/t26?,29-,30-,34?,35-/m0/s1. The lowest BCUT2D eigenvalue weighted by atomic mass is 9.89. The largest absolute Gasteiger partial charge is 0.381 e. The Morgan fingerprint density at radius 1 is 0.956 bits per heavy atom. The Kier molecular flexibility index (Phi) is 14.0. The number of ether oxygens (including phenoxy) is 1. The maximum Gasteiger partial charge on any atom is 0.238 e. The van der Waals surface area contributed by atoms with Crippen molar-refractivity contribution in [3.05, 3.63) is 71.8 Å². The van der Waals surface area contributed by atoms with Crippen LogP contribution in [-0.4, -0.2) is 89.7 Å². The Bertz CT molecular complexity index is 1220. The molecule has 0 spiro atoms. The number of carbonyl (C=O) groups is 3. The molecule has 2 unspecified atom stereocenters. The number of rotatable bonds is 17. The Labute approximate surface area is 273 Å². The van der Waals surface area contributed by atoms with E-state index in [9.17, 15) is 19.5 Å². The van der Waals surface area contributed by atoms with Gasteiger partial charge in [0.2, 0.25) is 11.8 Å². The lowest BCUT2D eigenvalue weighted by Gasteiger charge is -2.39. The summed E-state index contributed by atoms with van der Waals surface area (Å²) >= 11 is 5.93. The number of amides is 2. The quantitative estimate of drug-likeness (QED) is 0.154. The lowest BCUT2D eigenvalue weighted by Crippen LogP contribution is -2.65. The predicted molar refractivity (Wildman–Crippen MR) is 178 cm³/mol. The van der Waals surface area contributed by atoms with Crippen molar-refractivity contribution < 1.29 is 24.2 Å². The summed E-state index contributed by atoms with van der Waals surface area (Å²) in [6.45, 7) is 12.0. The molecule has 0 bridgehead atoms. The minimum absolute atomic E-state index is 0.0434. The third kappa shape index (κ3) is 11.8. The van der Waals surface area contributed by atoms with Crippen LogP contribution in [0.3, 0.4) is 0 Å². The number of halogens is 1. The van der Waals surface area contributed by atoms with E-state index in [1.807, 2.05) is 69.3 Å². The molecule has 9 nitrogen and oxygen atoms in total. The number of alkyl halides is 1. The van der Waals surface area contributed by atoms with Crippen molar-refractivity contribution in [1.82, 2.24) is 20.9 Å². The van der Waals surface area contributed by atoms with Gasteiger partial charge in [0.25, 0.3) is 0 Å². The van der Waals surface area contributed by atoms with Crippen LogP contribution >= 0.6 is 11.6 Å². The van der Waals surface area contributed by atoms with Crippen LogP contribution in [0.25, 0.3) is 0 Å². The number of ketones is 1. The van der Waals surface area contributed by atoms with Gasteiger partial charge in [-0.2, -0.15) is 0 Å². The highest BCUT2D eigenvalue weighted by atomic mass is 35.5. The van der Waals surface area contributed by atoms with Crippen molar-refractivity contribution in [2.45, 2.75) is 83.1 Å². The van der Waals surface area contributed by atoms with E-state index in [4.69, 9.17) is 16.3 Å². The smallest absolute Gasteiger partial charge is 0.238 e. The van der Waals surface area contributed by atoms with Gasteiger partial charge in [0.1, 0.15) is 5.60 Å². The molecule has 1 aliphatic heterocycles. The van der Waals surface area contributed by atoms with E-state index < -0.39 is 35.0 Å². The first kappa shape index (κ1) is 36.6. The zero-order chi connectivity index (χ0) is 33.0. The van der Waals surface area contributed by atoms with E-state index in [-0.39, 0.29) is 30.2 Å². The Morgan fingerprint density at radius 3 is 2.13 bits per heavy atom. The normalized spacial score (nSPS) is 18.7. The lowest BCUT2D eigenvalue weighted by molar-refractivity contribution is -0.139. The van der Waals surface area contributed by atoms with Crippen molar-refractivity contribution in [1.29, 1.82) is 0 Å². The number of Topliss-reactive ketones (excluding diaryl/α,β-unsaturated/α-hetero) is 1. The Morgan fingerprint density at radius 2 is 1.56 bits per heavy atom. The number of hydrogen-bond acceptors (Lipinski definition) is 7. The summed E-state index contributed by atoms with van der Waals surface area (Å²) in [5.74, 6) is -1.25. The van der Waals surface area contributed by atoms with Gasteiger partial charge in [0, 0.05) is 13.1 Å². The number of carbonyl (C=O) groups excluding carboxylic acids is 3. The SMILES string of the molecule is CC(C)C[C@H](NC(=O)[C@H](Cc1ccccc1)N[C@](C)(CC(C)c1ccccc1)NC(=O)CN1CCOCC1)C(=O)C(C)(O)CCl. The van der Waals surface area contributed by atoms with Gasteiger partial charge in [0.15, 0.2) is 5.78 Å². The number of hydrogen-bond donors (Lipinski definition) is 4. The van der Waals surface area contributed by atoms with Crippen molar-refractivity contribution >= 4 is 29.2 Å². The molecule has 0 aliphatic carbocycles. The maximum atomic E-state index is 14.1. The van der Waals surface area contributed by atoms with Gasteiger partial charge in [-0.25, -0.2) is 0 Å². The molecule has 1 fully saturated rings. The second kappa shape index (κ2) is 17.2. The number of morpholine rings is 1. The molecule has 1 saturated heterocycles. The molecule has 1 heterocycles. The molecular formula is C35H51ClN4O5. The third-order valence-electron chi connectivity index (χ3n) is 8.19. The van der Waals surface area contributed by atoms with Crippen LogP contribution in [0.5, 0.6) is 0 Å². The molecule has 10 heteroatoms. The number of nitrogens with zero attached hydrogens (tertiary/aromatic N) is 1. The Hall–Kier alpha value is -2.82. The van der Waals surface area contributed by atoms with Gasteiger partial charge in [-0.05, 0) is 56.1 Å². The van der Waals surface area contributed by atoms with E-state index in [1.165, 1.54) is 6.92 Å². The van der Waals surface area contributed by atoms with Crippen molar-refractivity contribution in [3.63, 3.8) is 0 Å². The number of nitrogens with one attached hydrogen (secondary N) is 3. The molecule has 4 N–H and O–H groups in total. The van der Waals surface area contributed by atoms with Gasteiger partial charge in [-0.1, -0.05) is 81.4 Å². The molecule has 248 valence electrons. The van der Waals surface area contributed by atoms with Crippen LogP contribution in [0.4, 0.5) is 0 Å². The van der Waals surface area contributed by atoms with Crippen LogP contribution in [0.15, 0.2) is 60.7 Å². The van der Waals surface area contributed by atoms with E-state index in [0.29, 0.717) is 45.6 Å². The first-order chi connectivity index (χ1) is 21.3. The minimum atomic E-state index is -1.79. The Balaban J connectivity index is 1.92. The molecule has 1 aliphatic rings. The fourth-order valence-electron chi connectivity index (χ4n) is 5.83. The van der Waals surface area contributed by atoms with Gasteiger partial charge in [-0.15, -0.1) is 11.6 Å². The molecule has 3 rings (SSSR count). The highest BCUT2D eigenvalue weighted by Crippen LogP contribution is 2.26. The first-order valence-electron chi connectivity index (χ1n) is 15.9. The van der Waals surface area contributed by atoms with Gasteiger partial charge in [-0.3, -0.25) is 24.6 Å². The summed E-state index contributed by atoms with van der Waals surface area (Å²) in [7, 11) is 0. The van der Waals surface area contributed by atoms with E-state index in [1.54, 1.807) is 0 Å². The van der Waals surface area contributed by atoms with Crippen molar-refractivity contribution in [2.75, 3.05) is 38.7 Å². The zero-order valence-corrected chi connectivity index (χ0v) is 28.1. The van der Waals surface area contributed by atoms with Crippen LogP contribution in [-0.2, 0) is 25.5 Å². The summed E-state index contributed by atoms with van der Waals surface area (Å²) in [5.41, 5.74) is -0.746. The van der Waals surface area contributed by atoms with E-state index in [2.05, 4.69) is 39.9 Å². The molecule has 0 radical (unpaired) electrons. The summed E-state index contributed by atoms with van der Waals surface area (Å²) < 4.78 is 5.44. The molecule has 0 saturated carbocycles. The van der Waals surface area contributed by atoms with Crippen LogP contribution in [0.2, 0.25) is 0 Å². The predicted octanol–water partition coefficient (Wildman–Crippen LogP) is 3.64. The topological polar surface area (TPSA) is 120 Å². The first-order valence-corrected chi connectivity index (χ1v) is 16.5. The van der Waals surface area contributed by atoms with Crippen LogP contribution in [0, 0.1) is 5.92 Å². The van der Waals surface area contributed by atoms with Crippen LogP contribution in [0.1, 0.15) is 64.5 Å². The molecule has 0 aromatic heterocycles. The van der Waals surface area contributed by atoms with Gasteiger partial charge < -0.3 is 20.5 Å². The average Bonchev–Trinajstić information content (AvgIpc) is 3.01.